The summed E-state index contributed by atoms with van der Waals surface area (Å²) in [7, 11) is 1.81. The van der Waals surface area contributed by atoms with Crippen molar-refractivity contribution in [3.63, 3.8) is 0 Å². The summed E-state index contributed by atoms with van der Waals surface area (Å²) < 4.78 is 0. The van der Waals surface area contributed by atoms with E-state index in [9.17, 15) is 0 Å². The first-order valence-corrected chi connectivity index (χ1v) is 9.85. The van der Waals surface area contributed by atoms with Gasteiger partial charge in [-0.2, -0.15) is 0 Å². The van der Waals surface area contributed by atoms with Gasteiger partial charge in [0.2, 0.25) is 0 Å². The van der Waals surface area contributed by atoms with Gasteiger partial charge in [0.25, 0.3) is 0 Å². The Morgan fingerprint density at radius 3 is 2.36 bits per heavy atom. The minimum atomic E-state index is 0. The van der Waals surface area contributed by atoms with Gasteiger partial charge in [0, 0.05) is 39.4 Å². The lowest BCUT2D eigenvalue weighted by Gasteiger charge is -2.16. The Labute approximate surface area is 186 Å². The molecule has 2 N–H and O–H groups in total. The molecule has 152 valence electrons. The van der Waals surface area contributed by atoms with Gasteiger partial charge >= 0.3 is 0 Å². The highest BCUT2D eigenvalue weighted by Gasteiger charge is 2.12. The topological polar surface area (TPSA) is 52.6 Å². The van der Waals surface area contributed by atoms with Crippen LogP contribution in [-0.4, -0.2) is 37.6 Å². The second-order valence-corrected chi connectivity index (χ2v) is 7.32. The zero-order valence-corrected chi connectivity index (χ0v) is 19.5. The Hall–Kier alpha value is -1.83. The summed E-state index contributed by atoms with van der Waals surface area (Å²) in [5.41, 5.74) is 5.15. The third-order valence-corrected chi connectivity index (χ3v) is 4.91. The molecule has 0 radical (unpaired) electrons. The Bertz CT molecular complexity index is 747. The quantitative estimate of drug-likeness (QED) is 0.365. The van der Waals surface area contributed by atoms with Crippen molar-refractivity contribution in [1.82, 2.24) is 15.6 Å². The summed E-state index contributed by atoms with van der Waals surface area (Å²) in [6.45, 7) is 8.12. The van der Waals surface area contributed by atoms with E-state index in [1.54, 1.807) is 7.05 Å². The summed E-state index contributed by atoms with van der Waals surface area (Å²) in [4.78, 5) is 11.3. The van der Waals surface area contributed by atoms with Crippen LogP contribution >= 0.6 is 24.0 Å². The second kappa shape index (κ2) is 11.2. The molecule has 1 aliphatic rings. The van der Waals surface area contributed by atoms with Crippen LogP contribution in [0.25, 0.3) is 0 Å². The van der Waals surface area contributed by atoms with E-state index < -0.39 is 0 Å². The van der Waals surface area contributed by atoms with E-state index in [0.29, 0.717) is 0 Å². The highest BCUT2D eigenvalue weighted by atomic mass is 127. The monoisotopic (exact) mass is 493 g/mol. The van der Waals surface area contributed by atoms with Crippen molar-refractivity contribution in [3.05, 3.63) is 58.8 Å². The van der Waals surface area contributed by atoms with E-state index in [4.69, 9.17) is 0 Å². The molecule has 0 saturated carbocycles. The van der Waals surface area contributed by atoms with Crippen molar-refractivity contribution in [2.24, 2.45) is 4.99 Å². The van der Waals surface area contributed by atoms with Crippen LogP contribution in [0.15, 0.2) is 41.5 Å². The average molecular weight is 493 g/mol. The van der Waals surface area contributed by atoms with E-state index in [2.05, 4.69) is 69.7 Å². The molecule has 0 amide bonds. The fourth-order valence-corrected chi connectivity index (χ4v) is 3.60. The summed E-state index contributed by atoms with van der Waals surface area (Å²) in [6.07, 6.45) is 5.49. The van der Waals surface area contributed by atoms with Gasteiger partial charge in [0.15, 0.2) is 5.96 Å². The average Bonchev–Trinajstić information content (AvgIpc) is 3.19. The van der Waals surface area contributed by atoms with Crippen LogP contribution in [0, 0.1) is 13.8 Å². The first-order chi connectivity index (χ1) is 13.1. The Morgan fingerprint density at radius 1 is 1.04 bits per heavy atom. The second-order valence-electron chi connectivity index (χ2n) is 7.32. The van der Waals surface area contributed by atoms with Crippen LogP contribution < -0.4 is 15.5 Å². The zero-order valence-electron chi connectivity index (χ0n) is 17.2. The van der Waals surface area contributed by atoms with Crippen LogP contribution in [0.1, 0.15) is 35.1 Å². The summed E-state index contributed by atoms with van der Waals surface area (Å²) in [6, 6.07) is 11.0. The molecular formula is C22H32IN5. The number of pyridine rings is 1. The van der Waals surface area contributed by atoms with Crippen molar-refractivity contribution in [2.45, 2.75) is 39.7 Å². The van der Waals surface area contributed by atoms with E-state index in [1.807, 2.05) is 6.20 Å². The number of aliphatic imine (C=N–C) groups is 1. The molecule has 1 aromatic carbocycles. The van der Waals surface area contributed by atoms with Crippen molar-refractivity contribution in [1.29, 1.82) is 0 Å². The number of anilines is 1. The van der Waals surface area contributed by atoms with Crippen molar-refractivity contribution in [3.8, 4) is 0 Å². The molecule has 2 aromatic rings. The Morgan fingerprint density at radius 2 is 1.75 bits per heavy atom. The van der Waals surface area contributed by atoms with E-state index >= 15 is 0 Å². The molecular weight excluding hydrogens is 461 g/mol. The third-order valence-electron chi connectivity index (χ3n) is 4.91. The third kappa shape index (κ3) is 6.65. The molecule has 1 saturated heterocycles. The van der Waals surface area contributed by atoms with Gasteiger partial charge < -0.3 is 15.5 Å². The van der Waals surface area contributed by atoms with Gasteiger partial charge in [-0.25, -0.2) is 4.98 Å². The minimum absolute atomic E-state index is 0. The largest absolute Gasteiger partial charge is 0.357 e. The number of benzene rings is 1. The standard InChI is InChI=1S/C22H31N5.HI/c1-17-12-18(2)14-19(13-17)8-9-24-22(23-3)26-16-20-6-7-21(25-15-20)27-10-4-5-11-27;/h6-7,12-15H,4-5,8-11,16H2,1-3H3,(H2,23,24,26);1H. The van der Waals surface area contributed by atoms with Crippen LogP contribution in [0.4, 0.5) is 5.82 Å². The van der Waals surface area contributed by atoms with Gasteiger partial charge in [-0.1, -0.05) is 35.4 Å². The van der Waals surface area contributed by atoms with Gasteiger partial charge in [-0.05, 0) is 50.3 Å². The van der Waals surface area contributed by atoms with Crippen molar-refractivity contribution >= 4 is 35.8 Å². The number of aromatic nitrogens is 1. The fourth-order valence-electron chi connectivity index (χ4n) is 3.60. The molecule has 6 heteroatoms. The van der Waals surface area contributed by atoms with Crippen LogP contribution in [0.5, 0.6) is 0 Å². The van der Waals surface area contributed by atoms with Crippen molar-refractivity contribution < 1.29 is 0 Å². The van der Waals surface area contributed by atoms with Crippen LogP contribution in [0.2, 0.25) is 0 Å². The highest BCUT2D eigenvalue weighted by molar-refractivity contribution is 14.0. The molecule has 1 aromatic heterocycles. The Balaban J connectivity index is 0.00000280. The molecule has 0 spiro atoms. The zero-order chi connectivity index (χ0) is 19.1. The number of halogens is 1. The summed E-state index contributed by atoms with van der Waals surface area (Å²) in [5.74, 6) is 1.91. The smallest absolute Gasteiger partial charge is 0.191 e. The van der Waals surface area contributed by atoms with Crippen LogP contribution in [0.3, 0.4) is 0 Å². The number of hydrogen-bond donors (Lipinski definition) is 2. The van der Waals surface area contributed by atoms with E-state index in [-0.39, 0.29) is 24.0 Å². The Kier molecular flexibility index (Phi) is 9.02. The first kappa shape index (κ1) is 22.5. The minimum Gasteiger partial charge on any atom is -0.357 e. The molecule has 0 atom stereocenters. The molecule has 5 nitrogen and oxygen atoms in total. The number of aryl methyl sites for hydroxylation is 2. The molecule has 0 bridgehead atoms. The van der Waals surface area contributed by atoms with Crippen molar-refractivity contribution in [2.75, 3.05) is 31.6 Å². The maximum atomic E-state index is 4.61. The fraction of sp³-hybridized carbons (Fsp3) is 0.455. The first-order valence-electron chi connectivity index (χ1n) is 9.85. The van der Waals surface area contributed by atoms with Gasteiger partial charge in [0.1, 0.15) is 5.82 Å². The number of guanidine groups is 1. The molecule has 0 aliphatic carbocycles. The molecule has 1 aliphatic heterocycles. The summed E-state index contributed by atoms with van der Waals surface area (Å²) in [5, 5.41) is 6.76. The maximum Gasteiger partial charge on any atom is 0.191 e. The number of nitrogens with zero attached hydrogens (tertiary/aromatic N) is 3. The summed E-state index contributed by atoms with van der Waals surface area (Å²) >= 11 is 0. The SMILES string of the molecule is CN=C(NCCc1cc(C)cc(C)c1)NCc1ccc(N2CCCC2)nc1.I. The molecule has 2 heterocycles. The highest BCUT2D eigenvalue weighted by Crippen LogP contribution is 2.17. The predicted octanol–water partition coefficient (Wildman–Crippen LogP) is 3.82. The molecule has 28 heavy (non-hydrogen) atoms. The maximum absolute atomic E-state index is 4.61. The number of rotatable bonds is 6. The van der Waals surface area contributed by atoms with E-state index in [1.165, 1.54) is 29.5 Å². The van der Waals surface area contributed by atoms with Crippen LogP contribution in [-0.2, 0) is 13.0 Å². The lowest BCUT2D eigenvalue weighted by atomic mass is 10.1. The molecule has 0 unspecified atom stereocenters. The van der Waals surface area contributed by atoms with Gasteiger partial charge in [0.05, 0.1) is 0 Å². The van der Waals surface area contributed by atoms with Gasteiger partial charge in [-0.15, -0.1) is 24.0 Å². The van der Waals surface area contributed by atoms with Gasteiger partial charge in [-0.3, -0.25) is 4.99 Å². The lowest BCUT2D eigenvalue weighted by Crippen LogP contribution is -2.37. The number of hydrogen-bond acceptors (Lipinski definition) is 3. The van der Waals surface area contributed by atoms with E-state index in [0.717, 1.165) is 49.9 Å². The number of nitrogens with one attached hydrogen (secondary N) is 2. The normalized spacial score (nSPS) is 14.0. The predicted molar refractivity (Wildman–Crippen MR) is 129 cm³/mol. The lowest BCUT2D eigenvalue weighted by molar-refractivity contribution is 0.791. The molecule has 3 rings (SSSR count). The molecule has 1 fully saturated rings.